The highest BCUT2D eigenvalue weighted by Gasteiger charge is 2.31. The molecule has 150 valence electrons. The Balaban J connectivity index is 2.29. The lowest BCUT2D eigenvalue weighted by atomic mass is 10.2. The maximum Gasteiger partial charge on any atom is 0.416 e. The van der Waals surface area contributed by atoms with Crippen molar-refractivity contribution < 1.29 is 37.1 Å². The van der Waals surface area contributed by atoms with Crippen LogP contribution in [0.3, 0.4) is 0 Å². The van der Waals surface area contributed by atoms with Gasteiger partial charge in [0.2, 0.25) is 0 Å². The molecule has 2 rings (SSSR count). The van der Waals surface area contributed by atoms with Gasteiger partial charge in [0, 0.05) is 0 Å². The van der Waals surface area contributed by atoms with Crippen molar-refractivity contribution in [1.82, 2.24) is 0 Å². The van der Waals surface area contributed by atoms with Gasteiger partial charge in [0.05, 0.1) is 28.7 Å². The van der Waals surface area contributed by atoms with Crippen LogP contribution in [0.2, 0.25) is 5.02 Å². The second-order valence-corrected chi connectivity index (χ2v) is 5.82. The summed E-state index contributed by atoms with van der Waals surface area (Å²) in [6.45, 7) is 1.35. The van der Waals surface area contributed by atoms with E-state index in [2.05, 4.69) is 4.74 Å². The Labute approximate surface area is 161 Å². The number of alkyl halides is 3. The van der Waals surface area contributed by atoms with Crippen LogP contribution in [-0.2, 0) is 15.7 Å². The largest absolute Gasteiger partial charge is 0.472 e. The second kappa shape index (κ2) is 8.34. The van der Waals surface area contributed by atoms with E-state index in [1.165, 1.54) is 19.1 Å². The van der Waals surface area contributed by atoms with E-state index in [1.807, 2.05) is 0 Å². The van der Waals surface area contributed by atoms with Crippen molar-refractivity contribution in [2.24, 2.45) is 0 Å². The van der Waals surface area contributed by atoms with E-state index in [0.29, 0.717) is 6.07 Å². The number of esters is 1. The molecule has 0 saturated heterocycles. The average Bonchev–Trinajstić information content (AvgIpc) is 2.62. The Morgan fingerprint density at radius 2 is 1.82 bits per heavy atom. The predicted molar refractivity (Wildman–Crippen MR) is 91.7 cm³/mol. The number of hydrogen-bond acceptors (Lipinski definition) is 6. The van der Waals surface area contributed by atoms with Gasteiger partial charge in [-0.1, -0.05) is 11.6 Å². The Morgan fingerprint density at radius 3 is 2.36 bits per heavy atom. The molecule has 0 bridgehead atoms. The summed E-state index contributed by atoms with van der Waals surface area (Å²) in [7, 11) is 1.14. The molecular weight excluding hydrogens is 407 g/mol. The number of methoxy groups -OCH3 is 1. The molecule has 0 aromatic heterocycles. The van der Waals surface area contributed by atoms with Gasteiger partial charge in [-0.05, 0) is 37.3 Å². The first kappa shape index (κ1) is 21.3. The van der Waals surface area contributed by atoms with Crippen molar-refractivity contribution in [3.8, 4) is 17.2 Å². The summed E-state index contributed by atoms with van der Waals surface area (Å²) < 4.78 is 53.1. The van der Waals surface area contributed by atoms with E-state index in [1.54, 1.807) is 0 Å². The highest BCUT2D eigenvalue weighted by molar-refractivity contribution is 6.32. The summed E-state index contributed by atoms with van der Waals surface area (Å²) in [6, 6.07) is 5.91. The Morgan fingerprint density at radius 1 is 1.18 bits per heavy atom. The summed E-state index contributed by atoms with van der Waals surface area (Å²) >= 11 is 5.80. The highest BCUT2D eigenvalue weighted by Crippen LogP contribution is 2.38. The molecule has 0 aliphatic heterocycles. The smallest absolute Gasteiger partial charge is 0.416 e. The van der Waals surface area contributed by atoms with Crippen LogP contribution in [0.4, 0.5) is 18.9 Å². The van der Waals surface area contributed by atoms with Gasteiger partial charge in [-0.3, -0.25) is 10.1 Å². The van der Waals surface area contributed by atoms with Crippen molar-refractivity contribution in [3.63, 3.8) is 0 Å². The number of nitro benzene ring substituents is 1. The third-order valence-electron chi connectivity index (χ3n) is 3.45. The van der Waals surface area contributed by atoms with Crippen molar-refractivity contribution in [1.29, 1.82) is 0 Å². The highest BCUT2D eigenvalue weighted by atomic mass is 35.5. The fraction of sp³-hybridized carbons (Fsp3) is 0.235. The molecule has 1 unspecified atom stereocenters. The zero-order valence-electron chi connectivity index (χ0n) is 14.5. The molecule has 0 aliphatic rings. The molecule has 0 aliphatic carbocycles. The maximum absolute atomic E-state index is 12.7. The van der Waals surface area contributed by atoms with Crippen molar-refractivity contribution in [3.05, 3.63) is 57.1 Å². The molecule has 0 N–H and O–H groups in total. The van der Waals surface area contributed by atoms with Crippen molar-refractivity contribution >= 4 is 23.3 Å². The predicted octanol–water partition coefficient (Wildman–Crippen LogP) is 5.00. The molecule has 2 aromatic carbocycles. The van der Waals surface area contributed by atoms with Crippen LogP contribution >= 0.6 is 11.6 Å². The molecule has 28 heavy (non-hydrogen) atoms. The molecule has 1 atom stereocenters. The number of benzene rings is 2. The van der Waals surface area contributed by atoms with Crippen LogP contribution in [0.25, 0.3) is 0 Å². The van der Waals surface area contributed by atoms with E-state index in [9.17, 15) is 28.1 Å². The summed E-state index contributed by atoms with van der Waals surface area (Å²) in [5.41, 5.74) is -1.48. The Hall–Kier alpha value is -3.01. The first-order valence-electron chi connectivity index (χ1n) is 7.60. The minimum atomic E-state index is -4.57. The molecule has 11 heteroatoms. The van der Waals surface area contributed by atoms with Gasteiger partial charge < -0.3 is 14.2 Å². The number of carbonyl (C=O) groups is 1. The molecule has 0 saturated carbocycles. The van der Waals surface area contributed by atoms with Crippen LogP contribution in [0.5, 0.6) is 17.2 Å². The van der Waals surface area contributed by atoms with Crippen LogP contribution in [0.1, 0.15) is 12.5 Å². The third kappa shape index (κ3) is 5.03. The molecule has 7 nitrogen and oxygen atoms in total. The lowest BCUT2D eigenvalue weighted by Crippen LogP contribution is -2.25. The molecule has 0 radical (unpaired) electrons. The monoisotopic (exact) mass is 419 g/mol. The fourth-order valence-corrected chi connectivity index (χ4v) is 2.31. The summed E-state index contributed by atoms with van der Waals surface area (Å²) in [4.78, 5) is 21.9. The number of halogens is 4. The number of ether oxygens (including phenoxy) is 3. The van der Waals surface area contributed by atoms with Gasteiger partial charge in [-0.2, -0.15) is 13.2 Å². The van der Waals surface area contributed by atoms with E-state index >= 15 is 0 Å². The van der Waals surface area contributed by atoms with Crippen molar-refractivity contribution in [2.75, 3.05) is 7.11 Å². The van der Waals surface area contributed by atoms with E-state index in [4.69, 9.17) is 21.1 Å². The SMILES string of the molecule is COC(=O)C(C)Oc1ccc(Oc2ccc(C(F)(F)F)cc2Cl)cc1[N+](=O)[O-]. The maximum atomic E-state index is 12.7. The normalized spacial score (nSPS) is 12.2. The molecule has 0 fully saturated rings. The van der Waals surface area contributed by atoms with E-state index in [0.717, 1.165) is 25.3 Å². The van der Waals surface area contributed by atoms with Gasteiger partial charge in [-0.15, -0.1) is 0 Å². The standard InChI is InChI=1S/C17H13ClF3NO6/c1-9(16(23)26-2)27-15-6-4-11(8-13(15)22(24)25)28-14-5-3-10(7-12(14)18)17(19,20)21/h3-9H,1-2H3. The number of carbonyl (C=O) groups excluding carboxylic acids is 1. The minimum Gasteiger partial charge on any atom is -0.472 e. The average molecular weight is 420 g/mol. The first-order chi connectivity index (χ1) is 13.0. The van der Waals surface area contributed by atoms with Gasteiger partial charge >= 0.3 is 17.8 Å². The van der Waals surface area contributed by atoms with E-state index in [-0.39, 0.29) is 22.3 Å². The number of nitrogens with zero attached hydrogens (tertiary/aromatic N) is 1. The Bertz CT molecular complexity index is 903. The number of hydrogen-bond donors (Lipinski definition) is 0. The number of rotatable bonds is 6. The first-order valence-corrected chi connectivity index (χ1v) is 7.98. The Kier molecular flexibility index (Phi) is 6.34. The second-order valence-electron chi connectivity index (χ2n) is 5.41. The molecule has 2 aromatic rings. The molecule has 0 spiro atoms. The van der Waals surface area contributed by atoms with Gasteiger partial charge in [0.25, 0.3) is 0 Å². The summed E-state index contributed by atoms with van der Waals surface area (Å²) in [6.07, 6.45) is -5.67. The summed E-state index contributed by atoms with van der Waals surface area (Å²) in [5, 5.41) is 10.9. The van der Waals surface area contributed by atoms with Gasteiger partial charge in [0.15, 0.2) is 11.9 Å². The van der Waals surface area contributed by atoms with Crippen LogP contribution in [0.15, 0.2) is 36.4 Å². The minimum absolute atomic E-state index is 0.0635. The van der Waals surface area contributed by atoms with Gasteiger partial charge in [0.1, 0.15) is 11.5 Å². The number of nitro groups is 1. The lowest BCUT2D eigenvalue weighted by Gasteiger charge is -2.14. The summed E-state index contributed by atoms with van der Waals surface area (Å²) in [5.74, 6) is -1.13. The van der Waals surface area contributed by atoms with Crippen LogP contribution in [0, 0.1) is 10.1 Å². The fourth-order valence-electron chi connectivity index (χ4n) is 2.09. The third-order valence-corrected chi connectivity index (χ3v) is 3.75. The molecule has 0 heterocycles. The zero-order chi connectivity index (χ0) is 21.1. The topological polar surface area (TPSA) is 87.9 Å². The van der Waals surface area contributed by atoms with E-state index < -0.39 is 34.4 Å². The molecular formula is C17H13ClF3NO6. The van der Waals surface area contributed by atoms with Crippen molar-refractivity contribution in [2.45, 2.75) is 19.2 Å². The lowest BCUT2D eigenvalue weighted by molar-refractivity contribution is -0.386. The van der Waals surface area contributed by atoms with Gasteiger partial charge in [-0.25, -0.2) is 4.79 Å². The molecule has 0 amide bonds. The zero-order valence-corrected chi connectivity index (χ0v) is 15.2. The quantitative estimate of drug-likeness (QED) is 0.372. The van der Waals surface area contributed by atoms with Crippen LogP contribution < -0.4 is 9.47 Å². The van der Waals surface area contributed by atoms with Crippen LogP contribution in [-0.4, -0.2) is 24.1 Å².